The second kappa shape index (κ2) is 10.7. The molecule has 0 amide bonds. The van der Waals surface area contributed by atoms with Crippen molar-refractivity contribution in [2.75, 3.05) is 25.9 Å². The number of carbonyl (C=O) groups is 2. The quantitative estimate of drug-likeness (QED) is 0.315. The van der Waals surface area contributed by atoms with Gasteiger partial charge in [0.25, 0.3) is 0 Å². The molecule has 9 heteroatoms. The predicted molar refractivity (Wildman–Crippen MR) is 98.1 cm³/mol. The van der Waals surface area contributed by atoms with E-state index in [9.17, 15) is 19.4 Å². The average molecular weight is 388 g/mol. The van der Waals surface area contributed by atoms with Gasteiger partial charge in [-0.15, -0.1) is 0 Å². The first-order chi connectivity index (χ1) is 12.2. The van der Waals surface area contributed by atoms with Crippen LogP contribution in [0.5, 0.6) is 0 Å². The number of benzene rings is 1. The Morgan fingerprint density at radius 2 is 1.81 bits per heavy atom. The van der Waals surface area contributed by atoms with Crippen LogP contribution < -0.4 is 5.32 Å². The van der Waals surface area contributed by atoms with Gasteiger partial charge in [0.05, 0.1) is 25.3 Å². The lowest BCUT2D eigenvalue weighted by atomic mass is 10.1. The number of rotatable bonds is 12. The van der Waals surface area contributed by atoms with E-state index in [0.29, 0.717) is 5.56 Å². The van der Waals surface area contributed by atoms with Crippen molar-refractivity contribution in [2.45, 2.75) is 32.8 Å². The minimum absolute atomic E-state index is 0.0910. The van der Waals surface area contributed by atoms with Gasteiger partial charge >= 0.3 is 19.7 Å². The molecule has 0 radical (unpaired) electrons. The third kappa shape index (κ3) is 7.07. The summed E-state index contributed by atoms with van der Waals surface area (Å²) >= 11 is 0. The fraction of sp³-hybridized carbons (Fsp3) is 0.529. The van der Waals surface area contributed by atoms with Crippen molar-refractivity contribution in [1.29, 1.82) is 0 Å². The number of carboxylic acid groups (broad SMARTS) is 1. The predicted octanol–water partition coefficient (Wildman–Crippen LogP) is 1.79. The average Bonchev–Trinajstić information content (AvgIpc) is 2.59. The number of ketones is 1. The van der Waals surface area contributed by atoms with Crippen molar-refractivity contribution < 1.29 is 34.0 Å². The maximum absolute atomic E-state index is 12.1. The highest BCUT2D eigenvalue weighted by atomic mass is 31.2. The SMILES string of the molecule is CCOC(OCC)[P+](O)(O)CC(=O)CN[C@@H](C)c1cccc(C(=O)O)c1. The fourth-order valence-corrected chi connectivity index (χ4v) is 3.84. The molecule has 0 aliphatic rings. The van der Waals surface area contributed by atoms with E-state index in [2.05, 4.69) is 5.32 Å². The molecule has 0 aromatic heterocycles. The van der Waals surface area contributed by atoms with Gasteiger partial charge in [-0.25, -0.2) is 14.6 Å². The highest BCUT2D eigenvalue weighted by Gasteiger charge is 2.48. The Bertz CT molecular complexity index is 603. The molecule has 0 spiro atoms. The minimum atomic E-state index is -3.71. The Morgan fingerprint density at radius 1 is 1.19 bits per heavy atom. The summed E-state index contributed by atoms with van der Waals surface area (Å²) in [6, 6.07) is 4.92. The number of hydrogen-bond acceptors (Lipinski definition) is 7. The van der Waals surface area contributed by atoms with E-state index in [4.69, 9.17) is 14.6 Å². The Morgan fingerprint density at radius 3 is 2.35 bits per heavy atom. The lowest BCUT2D eigenvalue weighted by Gasteiger charge is -2.22. The van der Waals surface area contributed by atoms with Crippen molar-refractivity contribution in [1.82, 2.24) is 5.32 Å². The van der Waals surface area contributed by atoms with Crippen LogP contribution in [-0.2, 0) is 14.3 Å². The molecule has 0 unspecified atom stereocenters. The third-order valence-corrected chi connectivity index (χ3v) is 5.40. The standard InChI is InChI=1S/C17H26NO7P/c1-4-24-17(25-5-2)26(22,23)11-15(19)10-18-12(3)13-7-6-8-14(9-13)16(20)21/h6-9,12,17-18,22-23H,4-5,10-11H2,1-3H3/p+1/t12-/m0/s1. The number of hydrogen-bond donors (Lipinski definition) is 4. The van der Waals surface area contributed by atoms with Crippen LogP contribution in [-0.4, -0.2) is 58.6 Å². The summed E-state index contributed by atoms with van der Waals surface area (Å²) in [5, 5.41) is 12.0. The van der Waals surface area contributed by atoms with Gasteiger partial charge in [-0.1, -0.05) is 12.1 Å². The van der Waals surface area contributed by atoms with E-state index >= 15 is 0 Å². The summed E-state index contributed by atoms with van der Waals surface area (Å²) in [5.41, 5.74) is 0.877. The highest BCUT2D eigenvalue weighted by molar-refractivity contribution is 7.65. The molecular formula is C17H27NO7P+. The number of ether oxygens (including phenoxy) is 2. The van der Waals surface area contributed by atoms with Crippen LogP contribution in [0.3, 0.4) is 0 Å². The molecule has 8 nitrogen and oxygen atoms in total. The minimum Gasteiger partial charge on any atom is -0.478 e. The molecule has 26 heavy (non-hydrogen) atoms. The summed E-state index contributed by atoms with van der Waals surface area (Å²) < 4.78 is 10.4. The van der Waals surface area contributed by atoms with Crippen molar-refractivity contribution >= 4 is 19.5 Å². The number of carboxylic acids is 1. The fourth-order valence-electron chi connectivity index (χ4n) is 2.29. The molecule has 0 heterocycles. The number of nitrogens with one attached hydrogen (secondary N) is 1. The molecule has 1 aromatic carbocycles. The summed E-state index contributed by atoms with van der Waals surface area (Å²) in [5.74, 6) is -1.42. The largest absolute Gasteiger partial charge is 0.478 e. The molecule has 1 atom stereocenters. The molecule has 4 N–H and O–H groups in total. The van der Waals surface area contributed by atoms with Crippen LogP contribution in [0.25, 0.3) is 0 Å². The van der Waals surface area contributed by atoms with Gasteiger partial charge in [0.1, 0.15) is 0 Å². The molecule has 0 fully saturated rings. The van der Waals surface area contributed by atoms with Gasteiger partial charge < -0.3 is 19.9 Å². The first-order valence-corrected chi connectivity index (χ1v) is 10.3. The first-order valence-electron chi connectivity index (χ1n) is 8.36. The van der Waals surface area contributed by atoms with Crippen LogP contribution >= 0.6 is 7.72 Å². The maximum Gasteiger partial charge on any atom is 0.335 e. The van der Waals surface area contributed by atoms with Crippen molar-refractivity contribution in [2.24, 2.45) is 0 Å². The second-order valence-electron chi connectivity index (χ2n) is 5.73. The molecule has 0 aliphatic carbocycles. The molecule has 0 saturated carbocycles. The van der Waals surface area contributed by atoms with Gasteiger partial charge in [-0.3, -0.25) is 4.79 Å². The molecule has 1 rings (SSSR count). The third-order valence-electron chi connectivity index (χ3n) is 3.60. The smallest absolute Gasteiger partial charge is 0.335 e. The monoisotopic (exact) mass is 388 g/mol. The van der Waals surface area contributed by atoms with Crippen molar-refractivity contribution in [3.8, 4) is 0 Å². The second-order valence-corrected chi connectivity index (χ2v) is 8.04. The topological polar surface area (TPSA) is 125 Å². The van der Waals surface area contributed by atoms with Crippen molar-refractivity contribution in [3.63, 3.8) is 0 Å². The zero-order chi connectivity index (χ0) is 19.7. The highest BCUT2D eigenvalue weighted by Crippen LogP contribution is 2.55. The van der Waals surface area contributed by atoms with E-state index in [1.54, 1.807) is 32.9 Å². The van der Waals surface area contributed by atoms with E-state index in [1.165, 1.54) is 12.1 Å². The number of Topliss-reactive ketones (excluding diaryl/α,β-unsaturated/α-hetero) is 1. The molecule has 1 aromatic rings. The lowest BCUT2D eigenvalue weighted by Crippen LogP contribution is -2.31. The van der Waals surface area contributed by atoms with Crippen LogP contribution in [0.2, 0.25) is 0 Å². The number of aromatic carboxylic acids is 1. The molecule has 0 aliphatic heterocycles. The van der Waals surface area contributed by atoms with Gasteiger partial charge in [0.15, 0.2) is 11.9 Å². The summed E-state index contributed by atoms with van der Waals surface area (Å²) in [6.07, 6.45) is -0.452. The maximum atomic E-state index is 12.1. The van der Waals surface area contributed by atoms with Gasteiger partial charge in [-0.05, 0) is 38.5 Å². The summed E-state index contributed by atoms with van der Waals surface area (Å²) in [6.45, 7) is 5.56. The Balaban J connectivity index is 2.62. The van der Waals surface area contributed by atoms with Crippen LogP contribution in [0.1, 0.15) is 42.7 Å². The van der Waals surface area contributed by atoms with Crippen LogP contribution in [0, 0.1) is 0 Å². The molecule has 0 bridgehead atoms. The Kier molecular flexibility index (Phi) is 9.29. The Hall–Kier alpha value is -1.41. The van der Waals surface area contributed by atoms with Gasteiger partial charge in [0.2, 0.25) is 0 Å². The van der Waals surface area contributed by atoms with Gasteiger partial charge in [-0.2, -0.15) is 0 Å². The Labute approximate surface area is 153 Å². The molecule has 0 saturated heterocycles. The van der Waals surface area contributed by atoms with E-state index in [0.717, 1.165) is 0 Å². The van der Waals surface area contributed by atoms with E-state index < -0.39 is 31.7 Å². The van der Waals surface area contributed by atoms with Crippen LogP contribution in [0.4, 0.5) is 0 Å². The zero-order valence-corrected chi connectivity index (χ0v) is 16.1. The summed E-state index contributed by atoms with van der Waals surface area (Å²) in [4.78, 5) is 43.5. The zero-order valence-electron chi connectivity index (χ0n) is 15.2. The van der Waals surface area contributed by atoms with Crippen molar-refractivity contribution in [3.05, 3.63) is 35.4 Å². The van der Waals surface area contributed by atoms with E-state index in [1.807, 2.05) is 0 Å². The summed E-state index contributed by atoms with van der Waals surface area (Å²) in [7, 11) is -3.71. The lowest BCUT2D eigenvalue weighted by molar-refractivity contribution is -0.117. The molecular weight excluding hydrogens is 361 g/mol. The van der Waals surface area contributed by atoms with Gasteiger partial charge in [0, 0.05) is 6.04 Å². The van der Waals surface area contributed by atoms with E-state index in [-0.39, 0.29) is 31.4 Å². The first kappa shape index (κ1) is 22.6. The molecule has 146 valence electrons. The normalized spacial score (nSPS) is 13.0. The number of carbonyl (C=O) groups excluding carboxylic acids is 1. The van der Waals surface area contributed by atoms with Crippen LogP contribution in [0.15, 0.2) is 24.3 Å².